The molecule has 6 rings (SSSR count). The van der Waals surface area contributed by atoms with Gasteiger partial charge in [0.1, 0.15) is 0 Å². The monoisotopic (exact) mass is 524 g/mol. The number of hydrogen-bond acceptors (Lipinski definition) is 7. The van der Waals surface area contributed by atoms with Crippen molar-refractivity contribution in [3.05, 3.63) is 88.2 Å². The average molecular weight is 525 g/mol. The van der Waals surface area contributed by atoms with Crippen LogP contribution in [0.1, 0.15) is 38.5 Å². The van der Waals surface area contributed by atoms with Gasteiger partial charge in [-0.15, -0.1) is 11.3 Å². The molecule has 1 aliphatic heterocycles. The van der Waals surface area contributed by atoms with Gasteiger partial charge in [0.25, 0.3) is 5.91 Å². The Morgan fingerprint density at radius 2 is 2.00 bits per heavy atom. The van der Waals surface area contributed by atoms with Crippen molar-refractivity contribution in [3.63, 3.8) is 0 Å². The first-order valence-corrected chi connectivity index (χ1v) is 13.7. The van der Waals surface area contributed by atoms with E-state index in [1.54, 1.807) is 23.5 Å². The van der Waals surface area contributed by atoms with Crippen LogP contribution in [0, 0.1) is 11.3 Å². The van der Waals surface area contributed by atoms with Crippen molar-refractivity contribution in [2.24, 2.45) is 0 Å². The number of benzene rings is 2. The van der Waals surface area contributed by atoms with Gasteiger partial charge in [-0.1, -0.05) is 24.3 Å². The number of ether oxygens (including phenoxy) is 1. The molecule has 0 radical (unpaired) electrons. The van der Waals surface area contributed by atoms with E-state index < -0.39 is 0 Å². The number of fused-ring (bicyclic) bond motifs is 1. The number of rotatable bonds is 6. The number of nitrogens with one attached hydrogen (secondary N) is 1. The Morgan fingerprint density at radius 1 is 1.16 bits per heavy atom. The zero-order valence-corrected chi connectivity index (χ0v) is 21.8. The van der Waals surface area contributed by atoms with Crippen LogP contribution in [0.2, 0.25) is 0 Å². The highest BCUT2D eigenvalue weighted by Gasteiger charge is 2.28. The van der Waals surface area contributed by atoms with Gasteiger partial charge in [-0.25, -0.2) is 4.98 Å². The van der Waals surface area contributed by atoms with E-state index in [0.717, 1.165) is 68.0 Å². The van der Waals surface area contributed by atoms with Crippen LogP contribution in [0.4, 0.5) is 5.13 Å². The van der Waals surface area contributed by atoms with E-state index in [9.17, 15) is 4.79 Å². The van der Waals surface area contributed by atoms with E-state index in [1.807, 2.05) is 53.5 Å². The SMILES string of the molecule is N#Cc1ccc(-c2cnn(Cc3cccc(C(=O)Nc4nc5c(s4)CC(N4CCOCC4)CC5)c3)c2)cc1. The summed E-state index contributed by atoms with van der Waals surface area (Å²) in [4.78, 5) is 21.6. The molecule has 8 nitrogen and oxygen atoms in total. The van der Waals surface area contributed by atoms with Gasteiger partial charge in [-0.3, -0.25) is 19.7 Å². The Morgan fingerprint density at radius 3 is 2.82 bits per heavy atom. The lowest BCUT2D eigenvalue weighted by molar-refractivity contribution is 0.0139. The lowest BCUT2D eigenvalue weighted by Gasteiger charge is -2.36. The number of aryl methyl sites for hydroxylation is 1. The zero-order chi connectivity index (χ0) is 25.9. The van der Waals surface area contributed by atoms with Gasteiger partial charge in [0, 0.05) is 41.3 Å². The molecule has 1 fully saturated rings. The minimum atomic E-state index is -0.151. The van der Waals surface area contributed by atoms with Crippen LogP contribution in [0.3, 0.4) is 0 Å². The number of nitriles is 1. The van der Waals surface area contributed by atoms with Crippen molar-refractivity contribution in [3.8, 4) is 17.2 Å². The number of hydrogen-bond donors (Lipinski definition) is 1. The van der Waals surface area contributed by atoms with Crippen molar-refractivity contribution in [1.82, 2.24) is 19.7 Å². The Kier molecular flexibility index (Phi) is 7.01. The lowest BCUT2D eigenvalue weighted by atomic mass is 9.96. The summed E-state index contributed by atoms with van der Waals surface area (Å²) in [5.41, 5.74) is 5.32. The van der Waals surface area contributed by atoms with Crippen LogP contribution in [0.5, 0.6) is 0 Å². The van der Waals surface area contributed by atoms with Crippen LogP contribution >= 0.6 is 11.3 Å². The molecule has 1 aliphatic carbocycles. The molecule has 38 heavy (non-hydrogen) atoms. The number of morpholine rings is 1. The largest absolute Gasteiger partial charge is 0.379 e. The molecule has 192 valence electrons. The third kappa shape index (κ3) is 5.38. The van der Waals surface area contributed by atoms with Gasteiger partial charge in [0.2, 0.25) is 0 Å². The smallest absolute Gasteiger partial charge is 0.257 e. The molecule has 1 unspecified atom stereocenters. The molecule has 9 heteroatoms. The summed E-state index contributed by atoms with van der Waals surface area (Å²) in [5, 5.41) is 17.2. The summed E-state index contributed by atoms with van der Waals surface area (Å²) >= 11 is 1.60. The molecular weight excluding hydrogens is 496 g/mol. The van der Waals surface area contributed by atoms with Crippen molar-refractivity contribution < 1.29 is 9.53 Å². The van der Waals surface area contributed by atoms with Crippen molar-refractivity contribution >= 4 is 22.4 Å². The predicted molar refractivity (Wildman–Crippen MR) is 146 cm³/mol. The standard InChI is InChI=1S/C29H28N6O2S/c30-16-20-4-6-22(7-5-20)24-17-31-35(19-24)18-21-2-1-3-23(14-21)28(36)33-29-32-26-9-8-25(15-27(26)38-29)34-10-12-37-13-11-34/h1-7,14,17,19,25H,8-13,15,18H2,(H,32,33,36). The maximum atomic E-state index is 13.1. The van der Waals surface area contributed by atoms with E-state index >= 15 is 0 Å². The molecule has 2 aliphatic rings. The Hall–Kier alpha value is -3.84. The van der Waals surface area contributed by atoms with E-state index in [0.29, 0.717) is 28.8 Å². The fraction of sp³-hybridized carbons (Fsp3) is 0.310. The third-order valence-corrected chi connectivity index (χ3v) is 8.25. The lowest BCUT2D eigenvalue weighted by Crippen LogP contribution is -2.45. The van der Waals surface area contributed by atoms with Crippen LogP contribution in [0.25, 0.3) is 11.1 Å². The number of carbonyl (C=O) groups is 1. The Bertz CT molecular complexity index is 1480. The van der Waals surface area contributed by atoms with Crippen molar-refractivity contribution in [2.45, 2.75) is 31.8 Å². The van der Waals surface area contributed by atoms with E-state index in [4.69, 9.17) is 15.0 Å². The summed E-state index contributed by atoms with van der Waals surface area (Å²) in [7, 11) is 0. The van der Waals surface area contributed by atoms with Gasteiger partial charge in [-0.05, 0) is 54.7 Å². The van der Waals surface area contributed by atoms with Crippen molar-refractivity contribution in [1.29, 1.82) is 5.26 Å². The van der Waals surface area contributed by atoms with Crippen LogP contribution in [0.15, 0.2) is 60.9 Å². The number of carbonyl (C=O) groups excluding carboxylic acids is 1. The molecule has 2 aromatic carbocycles. The first kappa shape index (κ1) is 24.5. The normalized spacial score (nSPS) is 17.5. The van der Waals surface area contributed by atoms with Gasteiger partial charge in [0.15, 0.2) is 5.13 Å². The minimum absolute atomic E-state index is 0.151. The molecule has 0 bridgehead atoms. The number of amides is 1. The van der Waals surface area contributed by atoms with Crippen LogP contribution in [-0.2, 0) is 24.1 Å². The molecule has 0 spiro atoms. The van der Waals surface area contributed by atoms with Crippen LogP contribution < -0.4 is 5.32 Å². The highest BCUT2D eigenvalue weighted by atomic mass is 32.1. The topological polar surface area (TPSA) is 96.1 Å². The summed E-state index contributed by atoms with van der Waals surface area (Å²) in [6.45, 7) is 4.16. The molecule has 1 N–H and O–H groups in total. The van der Waals surface area contributed by atoms with E-state index in [1.165, 1.54) is 4.88 Å². The Balaban J connectivity index is 1.10. The fourth-order valence-electron chi connectivity index (χ4n) is 5.17. The second-order valence-electron chi connectivity index (χ2n) is 9.70. The van der Waals surface area contributed by atoms with E-state index in [-0.39, 0.29) is 5.91 Å². The van der Waals surface area contributed by atoms with Crippen LogP contribution in [-0.4, -0.2) is 57.9 Å². The number of thiazole rings is 1. The average Bonchev–Trinajstić information content (AvgIpc) is 3.60. The first-order chi connectivity index (χ1) is 18.6. The summed E-state index contributed by atoms with van der Waals surface area (Å²) in [6.07, 6.45) is 6.83. The summed E-state index contributed by atoms with van der Waals surface area (Å²) < 4.78 is 7.36. The quantitative estimate of drug-likeness (QED) is 0.403. The van der Waals surface area contributed by atoms with Gasteiger partial charge in [0.05, 0.1) is 43.3 Å². The molecule has 2 aromatic heterocycles. The fourth-order valence-corrected chi connectivity index (χ4v) is 6.24. The second kappa shape index (κ2) is 10.9. The molecule has 0 saturated carbocycles. The predicted octanol–water partition coefficient (Wildman–Crippen LogP) is 4.37. The number of aromatic nitrogens is 3. The van der Waals surface area contributed by atoms with Gasteiger partial charge >= 0.3 is 0 Å². The first-order valence-electron chi connectivity index (χ1n) is 12.9. The molecule has 4 aromatic rings. The minimum Gasteiger partial charge on any atom is -0.379 e. The van der Waals surface area contributed by atoms with E-state index in [2.05, 4.69) is 21.4 Å². The molecule has 1 saturated heterocycles. The maximum absolute atomic E-state index is 13.1. The zero-order valence-electron chi connectivity index (χ0n) is 21.0. The summed E-state index contributed by atoms with van der Waals surface area (Å²) in [6, 6.07) is 17.7. The van der Waals surface area contributed by atoms with Crippen molar-refractivity contribution in [2.75, 3.05) is 31.6 Å². The third-order valence-electron chi connectivity index (χ3n) is 7.21. The van der Waals surface area contributed by atoms with Gasteiger partial charge < -0.3 is 4.74 Å². The molecule has 3 heterocycles. The maximum Gasteiger partial charge on any atom is 0.257 e. The molecule has 1 atom stereocenters. The highest BCUT2D eigenvalue weighted by Crippen LogP contribution is 2.32. The second-order valence-corrected chi connectivity index (χ2v) is 10.8. The Labute approximate surface area is 225 Å². The number of anilines is 1. The highest BCUT2D eigenvalue weighted by molar-refractivity contribution is 7.15. The van der Waals surface area contributed by atoms with Gasteiger partial charge in [-0.2, -0.15) is 10.4 Å². The molecular formula is C29H28N6O2S. The number of nitrogens with zero attached hydrogens (tertiary/aromatic N) is 5. The molecule has 1 amide bonds. The summed E-state index contributed by atoms with van der Waals surface area (Å²) in [5.74, 6) is -0.151.